The van der Waals surface area contributed by atoms with Crippen molar-refractivity contribution in [3.8, 4) is 0 Å². The molecule has 2 unspecified atom stereocenters. The molecule has 4 heteroatoms. The van der Waals surface area contributed by atoms with Crippen LogP contribution in [0.5, 0.6) is 0 Å². The second-order valence-electron chi connectivity index (χ2n) is 4.05. The maximum Gasteiger partial charge on any atom is 0.103 e. The van der Waals surface area contributed by atoms with E-state index in [1.807, 2.05) is 26.0 Å². The van der Waals surface area contributed by atoms with E-state index < -0.39 is 5.60 Å². The Balaban J connectivity index is 3.06. The van der Waals surface area contributed by atoms with Gasteiger partial charge in [-0.1, -0.05) is 40.5 Å². The number of hydrogen-bond donors (Lipinski definition) is 2. The minimum absolute atomic E-state index is 0.0591. The molecule has 0 fully saturated rings. The molecule has 1 aromatic carbocycles. The van der Waals surface area contributed by atoms with E-state index >= 15 is 0 Å². The highest BCUT2D eigenvalue weighted by Crippen LogP contribution is 2.32. The fraction of sp³-hybridized carbons (Fsp3) is 0.500. The topological polar surface area (TPSA) is 32.3 Å². The highest BCUT2D eigenvalue weighted by atomic mass is 79.9. The van der Waals surface area contributed by atoms with Crippen molar-refractivity contribution in [2.75, 3.05) is 6.54 Å². The molecule has 0 aliphatic rings. The van der Waals surface area contributed by atoms with Crippen molar-refractivity contribution in [3.05, 3.63) is 33.3 Å². The first-order valence-corrected chi connectivity index (χ1v) is 6.48. The summed E-state index contributed by atoms with van der Waals surface area (Å²) in [6.07, 6.45) is 0. The Morgan fingerprint density at radius 1 is 1.56 bits per heavy atom. The van der Waals surface area contributed by atoms with E-state index in [4.69, 9.17) is 11.6 Å². The molecule has 2 N–H and O–H groups in total. The summed E-state index contributed by atoms with van der Waals surface area (Å²) in [5.41, 5.74) is -0.237. The molecule has 90 valence electrons. The fourth-order valence-corrected chi connectivity index (χ4v) is 2.50. The Morgan fingerprint density at radius 3 is 2.69 bits per heavy atom. The van der Waals surface area contributed by atoms with Crippen LogP contribution in [0, 0.1) is 0 Å². The predicted octanol–water partition coefficient (Wildman–Crippen LogP) is 3.31. The van der Waals surface area contributed by atoms with Crippen molar-refractivity contribution in [3.63, 3.8) is 0 Å². The van der Waals surface area contributed by atoms with Gasteiger partial charge >= 0.3 is 0 Å². The molecule has 0 aliphatic heterocycles. The average molecular weight is 307 g/mol. The van der Waals surface area contributed by atoms with Gasteiger partial charge in [0.2, 0.25) is 0 Å². The Bertz CT molecular complexity index is 368. The molecule has 0 heterocycles. The number of nitrogens with one attached hydrogen (secondary N) is 1. The number of rotatable bonds is 4. The van der Waals surface area contributed by atoms with Crippen molar-refractivity contribution in [1.82, 2.24) is 5.32 Å². The van der Waals surface area contributed by atoms with Crippen molar-refractivity contribution in [2.45, 2.75) is 32.4 Å². The van der Waals surface area contributed by atoms with E-state index in [9.17, 15) is 5.11 Å². The molecular weight excluding hydrogens is 289 g/mol. The third kappa shape index (κ3) is 2.98. The standard InChI is InChI=1S/C12H17BrClNO/c1-4-15-8(2)12(3,16)10-6-5-9(13)7-11(10)14/h5-8,15-16H,4H2,1-3H3. The Hall–Kier alpha value is -0.0900. The van der Waals surface area contributed by atoms with Crippen LogP contribution in [0.4, 0.5) is 0 Å². The van der Waals surface area contributed by atoms with E-state index in [0.717, 1.165) is 16.6 Å². The molecule has 0 saturated heterocycles. The summed E-state index contributed by atoms with van der Waals surface area (Å²) in [4.78, 5) is 0. The lowest BCUT2D eigenvalue weighted by Crippen LogP contribution is -2.44. The Labute approximate surface area is 110 Å². The van der Waals surface area contributed by atoms with Crippen LogP contribution < -0.4 is 5.32 Å². The van der Waals surface area contributed by atoms with Gasteiger partial charge in [0, 0.05) is 21.1 Å². The summed E-state index contributed by atoms with van der Waals surface area (Å²) in [5.74, 6) is 0. The molecule has 1 aromatic rings. The zero-order chi connectivity index (χ0) is 12.3. The fourth-order valence-electron chi connectivity index (χ4n) is 1.64. The second-order valence-corrected chi connectivity index (χ2v) is 5.37. The molecule has 0 amide bonds. The van der Waals surface area contributed by atoms with E-state index in [0.29, 0.717) is 5.02 Å². The second kappa shape index (κ2) is 5.50. The van der Waals surface area contributed by atoms with Gasteiger partial charge in [-0.25, -0.2) is 0 Å². The third-order valence-corrected chi connectivity index (χ3v) is 3.64. The number of benzene rings is 1. The smallest absolute Gasteiger partial charge is 0.103 e. The lowest BCUT2D eigenvalue weighted by atomic mass is 9.89. The largest absolute Gasteiger partial charge is 0.384 e. The molecule has 16 heavy (non-hydrogen) atoms. The van der Waals surface area contributed by atoms with Gasteiger partial charge < -0.3 is 10.4 Å². The minimum Gasteiger partial charge on any atom is -0.384 e. The van der Waals surface area contributed by atoms with Crippen LogP contribution in [-0.4, -0.2) is 17.7 Å². The summed E-state index contributed by atoms with van der Waals surface area (Å²) >= 11 is 9.49. The van der Waals surface area contributed by atoms with Gasteiger partial charge in [0.15, 0.2) is 0 Å². The van der Waals surface area contributed by atoms with Crippen LogP contribution in [0.3, 0.4) is 0 Å². The van der Waals surface area contributed by atoms with E-state index in [1.54, 1.807) is 13.0 Å². The van der Waals surface area contributed by atoms with Gasteiger partial charge in [0.05, 0.1) is 0 Å². The van der Waals surface area contributed by atoms with Gasteiger partial charge in [-0.2, -0.15) is 0 Å². The van der Waals surface area contributed by atoms with Crippen LogP contribution in [0.15, 0.2) is 22.7 Å². The molecule has 2 atom stereocenters. The quantitative estimate of drug-likeness (QED) is 0.894. The van der Waals surface area contributed by atoms with E-state index in [2.05, 4.69) is 21.2 Å². The lowest BCUT2D eigenvalue weighted by molar-refractivity contribution is 0.0222. The number of likely N-dealkylation sites (N-methyl/N-ethyl adjacent to an activating group) is 1. The van der Waals surface area contributed by atoms with Crippen LogP contribution in [-0.2, 0) is 5.60 Å². The Morgan fingerprint density at radius 2 is 2.19 bits per heavy atom. The lowest BCUT2D eigenvalue weighted by Gasteiger charge is -2.32. The summed E-state index contributed by atoms with van der Waals surface area (Å²) in [6, 6.07) is 5.47. The van der Waals surface area contributed by atoms with Gasteiger partial charge in [0.1, 0.15) is 5.60 Å². The first-order chi connectivity index (χ1) is 7.39. The molecule has 1 rings (SSSR count). The minimum atomic E-state index is -0.978. The monoisotopic (exact) mass is 305 g/mol. The van der Waals surface area contributed by atoms with Crippen molar-refractivity contribution < 1.29 is 5.11 Å². The molecule has 0 bridgehead atoms. The number of halogens is 2. The van der Waals surface area contributed by atoms with Gasteiger partial charge in [-0.05, 0) is 32.5 Å². The average Bonchev–Trinajstić information content (AvgIpc) is 2.17. The molecule has 0 radical (unpaired) electrons. The van der Waals surface area contributed by atoms with Crippen LogP contribution in [0.2, 0.25) is 5.02 Å². The normalized spacial score (nSPS) is 16.9. The van der Waals surface area contributed by atoms with E-state index in [-0.39, 0.29) is 6.04 Å². The zero-order valence-electron chi connectivity index (χ0n) is 9.72. The molecule has 2 nitrogen and oxygen atoms in total. The van der Waals surface area contributed by atoms with E-state index in [1.165, 1.54) is 0 Å². The highest BCUT2D eigenvalue weighted by molar-refractivity contribution is 9.10. The summed E-state index contributed by atoms with van der Waals surface area (Å²) in [7, 11) is 0. The molecule has 0 saturated carbocycles. The van der Waals surface area contributed by atoms with Crippen LogP contribution in [0.1, 0.15) is 26.3 Å². The zero-order valence-corrected chi connectivity index (χ0v) is 12.1. The summed E-state index contributed by atoms with van der Waals surface area (Å²) in [6.45, 7) is 6.54. The SMILES string of the molecule is CCNC(C)C(C)(O)c1ccc(Br)cc1Cl. The maximum absolute atomic E-state index is 10.5. The summed E-state index contributed by atoms with van der Waals surface area (Å²) < 4.78 is 0.910. The van der Waals surface area contributed by atoms with Gasteiger partial charge in [-0.3, -0.25) is 0 Å². The van der Waals surface area contributed by atoms with Crippen molar-refractivity contribution in [2.24, 2.45) is 0 Å². The molecule has 0 aromatic heterocycles. The van der Waals surface area contributed by atoms with Crippen LogP contribution in [0.25, 0.3) is 0 Å². The van der Waals surface area contributed by atoms with Crippen molar-refractivity contribution in [1.29, 1.82) is 0 Å². The number of aliphatic hydroxyl groups is 1. The van der Waals surface area contributed by atoms with Crippen LogP contribution >= 0.6 is 27.5 Å². The molecule has 0 aliphatic carbocycles. The number of hydrogen-bond acceptors (Lipinski definition) is 2. The van der Waals surface area contributed by atoms with Crippen molar-refractivity contribution >= 4 is 27.5 Å². The molecular formula is C12H17BrClNO. The third-order valence-electron chi connectivity index (χ3n) is 2.83. The van der Waals surface area contributed by atoms with Gasteiger partial charge in [0.25, 0.3) is 0 Å². The first-order valence-electron chi connectivity index (χ1n) is 5.30. The Kier molecular flexibility index (Phi) is 4.80. The summed E-state index contributed by atoms with van der Waals surface area (Å²) in [5, 5.41) is 14.3. The highest BCUT2D eigenvalue weighted by Gasteiger charge is 2.31. The first kappa shape index (κ1) is 14.0. The molecule has 0 spiro atoms. The maximum atomic E-state index is 10.5. The van der Waals surface area contributed by atoms with Gasteiger partial charge in [-0.15, -0.1) is 0 Å². The predicted molar refractivity (Wildman–Crippen MR) is 71.9 cm³/mol.